The van der Waals surface area contributed by atoms with Gasteiger partial charge in [-0.2, -0.15) is 0 Å². The molecule has 0 spiro atoms. The van der Waals surface area contributed by atoms with Gasteiger partial charge in [0.2, 0.25) is 11.8 Å². The predicted molar refractivity (Wildman–Crippen MR) is 213 cm³/mol. The van der Waals surface area contributed by atoms with Crippen LogP contribution in [-0.4, -0.2) is 11.8 Å². The van der Waals surface area contributed by atoms with Crippen LogP contribution in [-0.2, 0) is 4.74 Å². The fourth-order valence-electron chi connectivity index (χ4n) is 6.68. The Kier molecular flexibility index (Phi) is 9.09. The maximum Gasteiger partial charge on any atom is 0.222 e. The van der Waals surface area contributed by atoms with Crippen molar-refractivity contribution in [3.63, 3.8) is 0 Å². The molecule has 1 aliphatic carbocycles. The number of ether oxygens (including phenoxy) is 1. The van der Waals surface area contributed by atoms with E-state index in [1.807, 2.05) is 67.6 Å². The SMILES string of the molecule is C=CC(C)=CC=CN(c1ccc(C)cc1)c1c2c(c(C(=N)OC(=N)c3ccc4ccc5ccccccc3c4c5)c3ccccc13)=CCCC=2. The summed E-state index contributed by atoms with van der Waals surface area (Å²) in [6.07, 6.45) is 14.3. The van der Waals surface area contributed by atoms with E-state index in [1.54, 1.807) is 0 Å². The van der Waals surface area contributed by atoms with Crippen molar-refractivity contribution in [2.45, 2.75) is 26.7 Å². The Labute approximate surface area is 293 Å². The lowest BCUT2D eigenvalue weighted by molar-refractivity contribution is 0.539. The highest BCUT2D eigenvalue weighted by molar-refractivity contribution is 6.18. The molecule has 4 nitrogen and oxygen atoms in total. The van der Waals surface area contributed by atoms with Crippen LogP contribution in [0.4, 0.5) is 11.4 Å². The molecular formula is C46H39N3O. The smallest absolute Gasteiger partial charge is 0.222 e. The number of hydrogen-bond acceptors (Lipinski definition) is 4. The molecule has 0 radical (unpaired) electrons. The second-order valence-electron chi connectivity index (χ2n) is 12.6. The first-order chi connectivity index (χ1) is 24.4. The molecule has 0 saturated carbocycles. The Hall–Kier alpha value is -6.26. The second kappa shape index (κ2) is 14.1. The minimum atomic E-state index is -0.0613. The van der Waals surface area contributed by atoms with Crippen LogP contribution in [0.1, 0.15) is 36.5 Å². The van der Waals surface area contributed by atoms with Gasteiger partial charge in [0, 0.05) is 28.1 Å². The normalized spacial score (nSPS) is 12.6. The van der Waals surface area contributed by atoms with Crippen molar-refractivity contribution in [1.82, 2.24) is 0 Å². The largest absolute Gasteiger partial charge is 0.421 e. The summed E-state index contributed by atoms with van der Waals surface area (Å²) < 4.78 is 6.26. The van der Waals surface area contributed by atoms with Crippen LogP contribution in [0.5, 0.6) is 0 Å². The molecule has 6 aromatic carbocycles. The minimum absolute atomic E-state index is 0.0461. The van der Waals surface area contributed by atoms with Crippen molar-refractivity contribution in [1.29, 1.82) is 10.8 Å². The molecule has 1 aliphatic rings. The van der Waals surface area contributed by atoms with Gasteiger partial charge in [0.1, 0.15) is 0 Å². The summed E-state index contributed by atoms with van der Waals surface area (Å²) >= 11 is 0. The number of nitrogens with zero attached hydrogens (tertiary/aromatic N) is 1. The highest BCUT2D eigenvalue weighted by Gasteiger charge is 2.22. The van der Waals surface area contributed by atoms with Crippen LogP contribution in [0.25, 0.3) is 44.5 Å². The summed E-state index contributed by atoms with van der Waals surface area (Å²) in [6, 6.07) is 39.1. The van der Waals surface area contributed by atoms with E-state index in [1.165, 1.54) is 5.56 Å². The van der Waals surface area contributed by atoms with E-state index in [0.717, 1.165) is 72.5 Å². The van der Waals surface area contributed by atoms with Crippen LogP contribution >= 0.6 is 0 Å². The quantitative estimate of drug-likeness (QED) is 0.103. The molecule has 2 bridgehead atoms. The van der Waals surface area contributed by atoms with Gasteiger partial charge in [-0.05, 0) is 89.2 Å². The van der Waals surface area contributed by atoms with Crippen LogP contribution < -0.4 is 15.3 Å². The van der Waals surface area contributed by atoms with E-state index in [0.29, 0.717) is 11.1 Å². The molecule has 0 fully saturated rings. The third-order valence-electron chi connectivity index (χ3n) is 9.25. The summed E-state index contributed by atoms with van der Waals surface area (Å²) in [5.74, 6) is -0.107. The topological polar surface area (TPSA) is 60.2 Å². The first-order valence-electron chi connectivity index (χ1n) is 17.0. The van der Waals surface area contributed by atoms with E-state index >= 15 is 0 Å². The third-order valence-corrected chi connectivity index (χ3v) is 9.25. The van der Waals surface area contributed by atoms with Crippen LogP contribution in [0.2, 0.25) is 0 Å². The lowest BCUT2D eigenvalue weighted by Gasteiger charge is -2.26. The summed E-state index contributed by atoms with van der Waals surface area (Å²) in [4.78, 5) is 2.24. The number of allylic oxidation sites excluding steroid dienone is 4. The Morgan fingerprint density at radius 3 is 2.18 bits per heavy atom. The Morgan fingerprint density at radius 1 is 0.720 bits per heavy atom. The van der Waals surface area contributed by atoms with Gasteiger partial charge in [0.25, 0.3) is 0 Å². The number of fused-ring (bicyclic) bond motifs is 3. The molecule has 4 heteroatoms. The monoisotopic (exact) mass is 649 g/mol. The average molecular weight is 650 g/mol. The molecule has 0 unspecified atom stereocenters. The van der Waals surface area contributed by atoms with Gasteiger partial charge in [-0.1, -0.05) is 133 Å². The predicted octanol–water partition coefficient (Wildman–Crippen LogP) is 10.5. The summed E-state index contributed by atoms with van der Waals surface area (Å²) in [7, 11) is 0. The molecular weight excluding hydrogens is 611 g/mol. The molecule has 0 saturated heterocycles. The molecule has 0 aliphatic heterocycles. The van der Waals surface area contributed by atoms with E-state index < -0.39 is 0 Å². The Bertz CT molecular complexity index is 2530. The van der Waals surface area contributed by atoms with E-state index in [4.69, 9.17) is 4.74 Å². The number of rotatable bonds is 7. The molecule has 0 heterocycles. The van der Waals surface area contributed by atoms with Gasteiger partial charge in [-0.25, -0.2) is 0 Å². The highest BCUT2D eigenvalue weighted by Crippen LogP contribution is 2.32. The van der Waals surface area contributed by atoms with E-state index in [9.17, 15) is 10.8 Å². The van der Waals surface area contributed by atoms with E-state index in [2.05, 4.69) is 110 Å². The zero-order chi connectivity index (χ0) is 34.6. The van der Waals surface area contributed by atoms with Gasteiger partial charge in [0.05, 0.1) is 11.3 Å². The molecule has 0 amide bonds. The average Bonchev–Trinajstić information content (AvgIpc) is 3.14. The van der Waals surface area contributed by atoms with Gasteiger partial charge in [-0.15, -0.1) is 0 Å². The van der Waals surface area contributed by atoms with Crippen molar-refractivity contribution in [2.24, 2.45) is 0 Å². The molecule has 7 rings (SSSR count). The maximum absolute atomic E-state index is 9.44. The first kappa shape index (κ1) is 32.3. The van der Waals surface area contributed by atoms with Crippen molar-refractivity contribution >= 4 is 67.6 Å². The number of hydrogen-bond donors (Lipinski definition) is 2. The summed E-state index contributed by atoms with van der Waals surface area (Å²) in [6.45, 7) is 8.04. The highest BCUT2D eigenvalue weighted by atomic mass is 16.5. The zero-order valence-corrected chi connectivity index (χ0v) is 28.4. The van der Waals surface area contributed by atoms with Crippen LogP contribution in [0.3, 0.4) is 0 Å². The second-order valence-corrected chi connectivity index (χ2v) is 12.6. The zero-order valence-electron chi connectivity index (χ0n) is 28.4. The van der Waals surface area contributed by atoms with E-state index in [-0.39, 0.29) is 11.8 Å². The van der Waals surface area contributed by atoms with Crippen LogP contribution in [0, 0.1) is 17.7 Å². The molecule has 0 atom stereocenters. The summed E-state index contributed by atoms with van der Waals surface area (Å²) in [5.41, 5.74) is 5.67. The van der Waals surface area contributed by atoms with Gasteiger partial charge < -0.3 is 9.64 Å². The Balaban J connectivity index is 1.39. The fourth-order valence-corrected chi connectivity index (χ4v) is 6.68. The Morgan fingerprint density at radius 2 is 1.40 bits per heavy atom. The van der Waals surface area contributed by atoms with Gasteiger partial charge in [-0.3, -0.25) is 10.8 Å². The van der Waals surface area contributed by atoms with Gasteiger partial charge in [0.15, 0.2) is 0 Å². The third kappa shape index (κ3) is 6.31. The molecule has 244 valence electrons. The lowest BCUT2D eigenvalue weighted by atomic mass is 9.93. The number of aryl methyl sites for hydroxylation is 1. The van der Waals surface area contributed by atoms with Crippen LogP contribution in [0.15, 0.2) is 152 Å². The van der Waals surface area contributed by atoms with Crippen molar-refractivity contribution in [3.8, 4) is 0 Å². The molecule has 2 N–H and O–H groups in total. The lowest BCUT2D eigenvalue weighted by Crippen LogP contribution is -2.37. The standard InChI is InChI=1S/C46H39N3O/c1-4-31(2)14-13-29-49(35-26-21-32(3)22-27-35)44-39-19-11-9-17-37(39)43(38-18-10-12-20-40(38)44)46(48)50-45(47)41-28-25-34-24-23-33-15-7-5-6-8-16-36(41)42(34)30-33/h4-9,11,13-30,47-48H,1,10,12H2,2-3H3. The van der Waals surface area contributed by atoms with Crippen molar-refractivity contribution in [3.05, 3.63) is 179 Å². The minimum Gasteiger partial charge on any atom is -0.421 e. The number of nitrogens with one attached hydrogen (secondary N) is 2. The fraction of sp³-hybridized carbons (Fsp3) is 0.0870. The maximum atomic E-state index is 9.44. The molecule has 6 aromatic rings. The molecule has 50 heavy (non-hydrogen) atoms. The van der Waals surface area contributed by atoms with Crippen molar-refractivity contribution < 1.29 is 4.74 Å². The first-order valence-corrected chi connectivity index (χ1v) is 17.0. The molecule has 0 aromatic heterocycles. The number of benzene rings is 5. The summed E-state index contributed by atoms with van der Waals surface area (Å²) in [5, 5.41) is 26.7. The number of anilines is 2. The van der Waals surface area contributed by atoms with Gasteiger partial charge >= 0.3 is 0 Å². The van der Waals surface area contributed by atoms with Crippen molar-refractivity contribution in [2.75, 3.05) is 4.90 Å².